The average Bonchev–Trinajstić information content (AvgIpc) is 2.06. The van der Waals surface area contributed by atoms with Crippen LogP contribution in [0.1, 0.15) is 11.3 Å². The number of methoxy groups -OCH3 is 1. The molecule has 1 aromatic heterocycles. The van der Waals surface area contributed by atoms with E-state index in [-0.39, 0.29) is 0 Å². The molecule has 1 heterocycles. The molecule has 0 aliphatic rings. The van der Waals surface area contributed by atoms with E-state index in [9.17, 15) is 0 Å². The Morgan fingerprint density at radius 2 is 2.33 bits per heavy atom. The summed E-state index contributed by atoms with van der Waals surface area (Å²) in [5.74, 6) is 0.811. The monoisotopic (exact) mass is 230 g/mol. The quantitative estimate of drug-likeness (QED) is 0.841. The van der Waals surface area contributed by atoms with E-state index >= 15 is 0 Å². The Labute approximate surface area is 80.1 Å². The molecule has 1 rings (SSSR count). The Morgan fingerprint density at radius 1 is 1.67 bits per heavy atom. The minimum Gasteiger partial charge on any atom is -0.495 e. The zero-order valence-electron chi connectivity index (χ0n) is 7.10. The number of hydrogen-bond donors (Lipinski definition) is 1. The van der Waals surface area contributed by atoms with E-state index in [4.69, 9.17) is 10.5 Å². The molecular weight excluding hydrogens is 220 g/mol. The van der Waals surface area contributed by atoms with Crippen molar-refractivity contribution in [2.75, 3.05) is 7.11 Å². The third-order valence-electron chi connectivity index (χ3n) is 1.72. The van der Waals surface area contributed by atoms with Gasteiger partial charge in [0.05, 0.1) is 17.3 Å². The first kappa shape index (κ1) is 9.48. The molecule has 0 fully saturated rings. The molecular formula is C8H11BrN2O. The van der Waals surface area contributed by atoms with Crippen LogP contribution in [0.15, 0.2) is 10.7 Å². The molecule has 0 spiro atoms. The molecule has 0 saturated carbocycles. The summed E-state index contributed by atoms with van der Waals surface area (Å²) in [6.07, 6.45) is 1.70. The molecule has 0 aromatic carbocycles. The number of ether oxygens (including phenoxy) is 1. The van der Waals surface area contributed by atoms with E-state index in [0.29, 0.717) is 6.54 Å². The fraction of sp³-hybridized carbons (Fsp3) is 0.375. The van der Waals surface area contributed by atoms with Crippen molar-refractivity contribution in [2.45, 2.75) is 13.5 Å². The number of pyridine rings is 1. The van der Waals surface area contributed by atoms with Crippen LogP contribution in [0.25, 0.3) is 0 Å². The fourth-order valence-electron chi connectivity index (χ4n) is 1.06. The van der Waals surface area contributed by atoms with E-state index in [2.05, 4.69) is 20.9 Å². The normalized spacial score (nSPS) is 10.0. The highest BCUT2D eigenvalue weighted by Crippen LogP contribution is 2.28. The van der Waals surface area contributed by atoms with Gasteiger partial charge in [-0.15, -0.1) is 0 Å². The Bertz CT molecular complexity index is 289. The number of nitrogens with two attached hydrogens (primary N) is 1. The lowest BCUT2D eigenvalue weighted by atomic mass is 10.2. The van der Waals surface area contributed by atoms with Crippen molar-refractivity contribution in [3.8, 4) is 5.75 Å². The summed E-state index contributed by atoms with van der Waals surface area (Å²) >= 11 is 3.34. The highest BCUT2D eigenvalue weighted by atomic mass is 79.9. The third-order valence-corrected chi connectivity index (χ3v) is 2.29. The van der Waals surface area contributed by atoms with Gasteiger partial charge in [-0.3, -0.25) is 4.98 Å². The highest BCUT2D eigenvalue weighted by Gasteiger charge is 2.08. The second kappa shape index (κ2) is 3.87. The van der Waals surface area contributed by atoms with Crippen LogP contribution in [0.5, 0.6) is 5.75 Å². The first-order valence-corrected chi connectivity index (χ1v) is 4.38. The number of hydrogen-bond acceptors (Lipinski definition) is 3. The van der Waals surface area contributed by atoms with Gasteiger partial charge < -0.3 is 10.5 Å². The Balaban J connectivity index is 3.24. The van der Waals surface area contributed by atoms with Gasteiger partial charge in [-0.2, -0.15) is 0 Å². The topological polar surface area (TPSA) is 48.1 Å². The first-order chi connectivity index (χ1) is 5.70. The molecule has 0 amide bonds. The van der Waals surface area contributed by atoms with Crippen molar-refractivity contribution in [1.29, 1.82) is 0 Å². The maximum absolute atomic E-state index is 5.49. The summed E-state index contributed by atoms with van der Waals surface area (Å²) in [6, 6.07) is 0. The fourth-order valence-corrected chi connectivity index (χ4v) is 1.62. The zero-order valence-corrected chi connectivity index (χ0v) is 8.68. The minimum absolute atomic E-state index is 0.440. The molecule has 3 nitrogen and oxygen atoms in total. The second-order valence-corrected chi connectivity index (χ2v) is 3.27. The lowest BCUT2D eigenvalue weighted by Crippen LogP contribution is -2.04. The zero-order chi connectivity index (χ0) is 9.14. The van der Waals surface area contributed by atoms with Crippen LogP contribution >= 0.6 is 15.9 Å². The smallest absolute Gasteiger partial charge is 0.139 e. The van der Waals surface area contributed by atoms with Gasteiger partial charge in [0.1, 0.15) is 5.75 Å². The van der Waals surface area contributed by atoms with Gasteiger partial charge in [0.2, 0.25) is 0 Å². The van der Waals surface area contributed by atoms with Crippen LogP contribution in [0.4, 0.5) is 0 Å². The molecule has 0 aliphatic carbocycles. The van der Waals surface area contributed by atoms with Gasteiger partial charge in [-0.1, -0.05) is 0 Å². The predicted octanol–water partition coefficient (Wildman–Crippen LogP) is 1.62. The van der Waals surface area contributed by atoms with Crippen LogP contribution in [0, 0.1) is 6.92 Å². The van der Waals surface area contributed by atoms with Crippen molar-refractivity contribution in [3.05, 3.63) is 21.9 Å². The van der Waals surface area contributed by atoms with Crippen molar-refractivity contribution in [1.82, 2.24) is 4.98 Å². The van der Waals surface area contributed by atoms with Crippen LogP contribution < -0.4 is 10.5 Å². The Morgan fingerprint density at radius 3 is 2.83 bits per heavy atom. The predicted molar refractivity (Wildman–Crippen MR) is 51.1 cm³/mol. The van der Waals surface area contributed by atoms with Crippen molar-refractivity contribution in [2.24, 2.45) is 5.73 Å². The maximum atomic E-state index is 5.49. The molecule has 0 unspecified atom stereocenters. The second-order valence-electron chi connectivity index (χ2n) is 2.42. The standard InChI is InChI=1S/C8H11BrN2O/c1-5-7(3-10)11-4-6(9)8(5)12-2/h4H,3,10H2,1-2H3. The van der Waals surface area contributed by atoms with E-state index < -0.39 is 0 Å². The lowest BCUT2D eigenvalue weighted by molar-refractivity contribution is 0.407. The largest absolute Gasteiger partial charge is 0.495 e. The summed E-state index contributed by atoms with van der Waals surface area (Å²) in [5, 5.41) is 0. The molecule has 0 saturated heterocycles. The molecule has 0 aliphatic heterocycles. The molecule has 1 aromatic rings. The van der Waals surface area contributed by atoms with Crippen LogP contribution in [-0.4, -0.2) is 12.1 Å². The van der Waals surface area contributed by atoms with Gasteiger partial charge >= 0.3 is 0 Å². The third kappa shape index (κ3) is 1.59. The SMILES string of the molecule is COc1c(Br)cnc(CN)c1C. The summed E-state index contributed by atoms with van der Waals surface area (Å²) in [5.41, 5.74) is 7.36. The van der Waals surface area contributed by atoms with E-state index in [1.165, 1.54) is 0 Å². The minimum atomic E-state index is 0.440. The summed E-state index contributed by atoms with van der Waals surface area (Å²) in [4.78, 5) is 4.15. The Kier molecular flexibility index (Phi) is 3.05. The number of nitrogens with zero attached hydrogens (tertiary/aromatic N) is 1. The molecule has 2 N–H and O–H groups in total. The van der Waals surface area contributed by atoms with Crippen molar-refractivity contribution in [3.63, 3.8) is 0 Å². The average molecular weight is 231 g/mol. The summed E-state index contributed by atoms with van der Waals surface area (Å²) in [7, 11) is 1.63. The van der Waals surface area contributed by atoms with Crippen LogP contribution in [-0.2, 0) is 6.54 Å². The highest BCUT2D eigenvalue weighted by molar-refractivity contribution is 9.10. The van der Waals surface area contributed by atoms with Gasteiger partial charge in [0, 0.05) is 18.3 Å². The van der Waals surface area contributed by atoms with Crippen LogP contribution in [0.2, 0.25) is 0 Å². The molecule has 0 bridgehead atoms. The van der Waals surface area contributed by atoms with Crippen molar-refractivity contribution < 1.29 is 4.74 Å². The van der Waals surface area contributed by atoms with E-state index in [1.807, 2.05) is 6.92 Å². The Hall–Kier alpha value is -0.610. The lowest BCUT2D eigenvalue weighted by Gasteiger charge is -2.09. The van der Waals surface area contributed by atoms with Gasteiger partial charge in [0.15, 0.2) is 0 Å². The first-order valence-electron chi connectivity index (χ1n) is 3.58. The number of halogens is 1. The van der Waals surface area contributed by atoms with Gasteiger partial charge in [-0.05, 0) is 22.9 Å². The maximum Gasteiger partial charge on any atom is 0.139 e. The molecule has 66 valence electrons. The summed E-state index contributed by atoms with van der Waals surface area (Å²) < 4.78 is 6.04. The summed E-state index contributed by atoms with van der Waals surface area (Å²) in [6.45, 7) is 2.38. The van der Waals surface area contributed by atoms with Crippen molar-refractivity contribution >= 4 is 15.9 Å². The van der Waals surface area contributed by atoms with Gasteiger partial charge in [0.25, 0.3) is 0 Å². The molecule has 0 atom stereocenters. The van der Waals surface area contributed by atoms with E-state index in [0.717, 1.165) is 21.5 Å². The van der Waals surface area contributed by atoms with E-state index in [1.54, 1.807) is 13.3 Å². The van der Waals surface area contributed by atoms with Crippen LogP contribution in [0.3, 0.4) is 0 Å². The molecule has 0 radical (unpaired) electrons. The number of aromatic nitrogens is 1. The number of rotatable bonds is 2. The molecule has 4 heteroatoms. The van der Waals surface area contributed by atoms with Gasteiger partial charge in [-0.25, -0.2) is 0 Å². The molecule has 12 heavy (non-hydrogen) atoms.